The van der Waals surface area contributed by atoms with Crippen LogP contribution in [0.1, 0.15) is 24.9 Å². The topological polar surface area (TPSA) is 12.0 Å². The van der Waals surface area contributed by atoms with E-state index in [0.717, 1.165) is 22.1 Å². The SMILES string of the molecule is CCC(Nc1ccc(Br)c(Cl)c1)c1ccc(Cl)cc1Cl. The normalized spacial score (nSPS) is 12.2. The number of rotatable bonds is 4. The fourth-order valence-electron chi connectivity index (χ4n) is 1.97. The second-order valence-corrected chi connectivity index (χ2v) is 6.51. The highest BCUT2D eigenvalue weighted by Gasteiger charge is 2.13. The summed E-state index contributed by atoms with van der Waals surface area (Å²) in [7, 11) is 0. The van der Waals surface area contributed by atoms with E-state index in [1.165, 1.54) is 0 Å². The Bertz CT molecular complexity index is 616. The molecule has 0 aliphatic heterocycles. The molecule has 1 unspecified atom stereocenters. The minimum Gasteiger partial charge on any atom is -0.378 e. The molecule has 106 valence electrons. The molecule has 0 saturated heterocycles. The molecule has 2 aromatic carbocycles. The molecule has 2 rings (SSSR count). The molecule has 0 aliphatic rings. The molecule has 0 aromatic heterocycles. The minimum absolute atomic E-state index is 0.108. The van der Waals surface area contributed by atoms with Crippen molar-refractivity contribution in [3.8, 4) is 0 Å². The lowest BCUT2D eigenvalue weighted by molar-refractivity contribution is 0.749. The highest BCUT2D eigenvalue weighted by molar-refractivity contribution is 9.10. The van der Waals surface area contributed by atoms with Crippen LogP contribution in [0.15, 0.2) is 40.9 Å². The molecule has 1 nitrogen and oxygen atoms in total. The first kappa shape index (κ1) is 16.0. The molecule has 0 bridgehead atoms. The first-order valence-corrected chi connectivity index (χ1v) is 8.10. The lowest BCUT2D eigenvalue weighted by atomic mass is 10.0. The number of nitrogens with one attached hydrogen (secondary N) is 1. The van der Waals surface area contributed by atoms with Crippen molar-refractivity contribution >= 4 is 56.4 Å². The average molecular weight is 394 g/mol. The fourth-order valence-corrected chi connectivity index (χ4v) is 2.94. The van der Waals surface area contributed by atoms with Crippen molar-refractivity contribution in [2.45, 2.75) is 19.4 Å². The highest BCUT2D eigenvalue weighted by atomic mass is 79.9. The zero-order valence-electron chi connectivity index (χ0n) is 10.8. The molecule has 0 radical (unpaired) electrons. The van der Waals surface area contributed by atoms with Crippen LogP contribution in [0.5, 0.6) is 0 Å². The summed E-state index contributed by atoms with van der Waals surface area (Å²) < 4.78 is 0.877. The van der Waals surface area contributed by atoms with Gasteiger partial charge in [-0.05, 0) is 58.2 Å². The third-order valence-electron chi connectivity index (χ3n) is 3.01. The van der Waals surface area contributed by atoms with E-state index in [2.05, 4.69) is 28.2 Å². The third-order valence-corrected chi connectivity index (χ3v) is 4.80. The predicted octanol–water partition coefficient (Wildman–Crippen LogP) is 6.97. The van der Waals surface area contributed by atoms with Gasteiger partial charge in [0.2, 0.25) is 0 Å². The van der Waals surface area contributed by atoms with Crippen molar-refractivity contribution in [2.75, 3.05) is 5.32 Å². The van der Waals surface area contributed by atoms with Crippen molar-refractivity contribution in [2.24, 2.45) is 0 Å². The van der Waals surface area contributed by atoms with Gasteiger partial charge in [-0.25, -0.2) is 0 Å². The first-order valence-electron chi connectivity index (χ1n) is 6.17. The number of benzene rings is 2. The van der Waals surface area contributed by atoms with E-state index in [9.17, 15) is 0 Å². The van der Waals surface area contributed by atoms with Crippen molar-refractivity contribution in [1.82, 2.24) is 0 Å². The van der Waals surface area contributed by atoms with Crippen LogP contribution in [0.25, 0.3) is 0 Å². The van der Waals surface area contributed by atoms with E-state index in [-0.39, 0.29) is 6.04 Å². The van der Waals surface area contributed by atoms with Crippen LogP contribution in [-0.2, 0) is 0 Å². The van der Waals surface area contributed by atoms with Crippen LogP contribution >= 0.6 is 50.7 Å². The number of hydrogen-bond acceptors (Lipinski definition) is 1. The summed E-state index contributed by atoms with van der Waals surface area (Å²) in [5, 5.41) is 5.42. The van der Waals surface area contributed by atoms with Gasteiger partial charge >= 0.3 is 0 Å². The Kier molecular flexibility index (Phi) is 5.62. The molecule has 20 heavy (non-hydrogen) atoms. The average Bonchev–Trinajstić information content (AvgIpc) is 2.41. The van der Waals surface area contributed by atoms with Gasteiger partial charge in [-0.15, -0.1) is 0 Å². The van der Waals surface area contributed by atoms with Gasteiger partial charge < -0.3 is 5.32 Å². The highest BCUT2D eigenvalue weighted by Crippen LogP contribution is 2.32. The second kappa shape index (κ2) is 7.04. The van der Waals surface area contributed by atoms with Gasteiger partial charge in [-0.1, -0.05) is 47.8 Å². The second-order valence-electron chi connectivity index (χ2n) is 4.40. The summed E-state index contributed by atoms with van der Waals surface area (Å²) in [6, 6.07) is 11.4. The largest absolute Gasteiger partial charge is 0.378 e. The van der Waals surface area contributed by atoms with Gasteiger partial charge in [0.15, 0.2) is 0 Å². The summed E-state index contributed by atoms with van der Waals surface area (Å²) in [5.41, 5.74) is 1.98. The zero-order chi connectivity index (χ0) is 14.7. The predicted molar refractivity (Wildman–Crippen MR) is 92.3 cm³/mol. The monoisotopic (exact) mass is 391 g/mol. The number of anilines is 1. The van der Waals surface area contributed by atoms with Gasteiger partial charge in [-0.2, -0.15) is 0 Å². The third kappa shape index (κ3) is 3.82. The van der Waals surface area contributed by atoms with Crippen LogP contribution in [0.2, 0.25) is 15.1 Å². The van der Waals surface area contributed by atoms with Crippen molar-refractivity contribution < 1.29 is 0 Å². The van der Waals surface area contributed by atoms with E-state index in [0.29, 0.717) is 15.1 Å². The zero-order valence-corrected chi connectivity index (χ0v) is 14.6. The lowest BCUT2D eigenvalue weighted by Crippen LogP contribution is -2.10. The summed E-state index contributed by atoms with van der Waals surface area (Å²) in [4.78, 5) is 0. The Morgan fingerprint density at radius 1 is 1.05 bits per heavy atom. The molecule has 0 spiro atoms. The first-order chi connectivity index (χ1) is 9.51. The molecule has 0 saturated carbocycles. The minimum atomic E-state index is 0.108. The van der Waals surface area contributed by atoms with Crippen LogP contribution in [-0.4, -0.2) is 0 Å². The molecule has 2 aromatic rings. The van der Waals surface area contributed by atoms with Crippen LogP contribution < -0.4 is 5.32 Å². The van der Waals surface area contributed by atoms with E-state index in [1.54, 1.807) is 6.07 Å². The Morgan fingerprint density at radius 3 is 2.40 bits per heavy atom. The van der Waals surface area contributed by atoms with Crippen molar-refractivity contribution in [1.29, 1.82) is 0 Å². The summed E-state index contributed by atoms with van der Waals surface area (Å²) >= 11 is 21.7. The van der Waals surface area contributed by atoms with Crippen molar-refractivity contribution in [3.05, 3.63) is 61.5 Å². The Morgan fingerprint density at radius 2 is 1.80 bits per heavy atom. The molecule has 0 amide bonds. The van der Waals surface area contributed by atoms with Gasteiger partial charge in [0.25, 0.3) is 0 Å². The quantitative estimate of drug-likeness (QED) is 0.591. The molecular weight excluding hydrogens is 380 g/mol. The molecule has 0 heterocycles. The molecule has 1 atom stereocenters. The summed E-state index contributed by atoms with van der Waals surface area (Å²) in [6.07, 6.45) is 0.898. The molecule has 1 N–H and O–H groups in total. The van der Waals surface area contributed by atoms with Gasteiger partial charge in [-0.3, -0.25) is 0 Å². The van der Waals surface area contributed by atoms with Gasteiger partial charge in [0.05, 0.1) is 11.1 Å². The maximum Gasteiger partial charge on any atom is 0.0568 e. The maximum absolute atomic E-state index is 6.27. The molecular formula is C15H13BrCl3N. The molecule has 5 heteroatoms. The van der Waals surface area contributed by atoms with Crippen molar-refractivity contribution in [3.63, 3.8) is 0 Å². The summed E-state index contributed by atoms with van der Waals surface area (Å²) in [6.45, 7) is 2.10. The molecule has 0 fully saturated rings. The Balaban J connectivity index is 2.26. The fraction of sp³-hybridized carbons (Fsp3) is 0.200. The summed E-state index contributed by atoms with van der Waals surface area (Å²) in [5.74, 6) is 0. The van der Waals surface area contributed by atoms with E-state index in [4.69, 9.17) is 34.8 Å². The van der Waals surface area contributed by atoms with E-state index >= 15 is 0 Å². The lowest BCUT2D eigenvalue weighted by Gasteiger charge is -2.20. The van der Waals surface area contributed by atoms with Gasteiger partial charge in [0.1, 0.15) is 0 Å². The van der Waals surface area contributed by atoms with E-state index < -0.39 is 0 Å². The van der Waals surface area contributed by atoms with E-state index in [1.807, 2.05) is 30.3 Å². The van der Waals surface area contributed by atoms with Crippen LogP contribution in [0.4, 0.5) is 5.69 Å². The Hall–Kier alpha value is -0.410. The van der Waals surface area contributed by atoms with Gasteiger partial charge in [0, 0.05) is 20.2 Å². The molecule has 0 aliphatic carbocycles. The van der Waals surface area contributed by atoms with Crippen LogP contribution in [0.3, 0.4) is 0 Å². The van der Waals surface area contributed by atoms with Crippen LogP contribution in [0, 0.1) is 0 Å². The number of hydrogen-bond donors (Lipinski definition) is 1. The maximum atomic E-state index is 6.27. The Labute approximate surface area is 142 Å². The smallest absolute Gasteiger partial charge is 0.0568 e. The number of halogens is 4. The standard InChI is InChI=1S/C15H13BrCl3N/c1-2-15(11-5-3-9(17)7-13(11)18)20-10-4-6-12(16)14(19)8-10/h3-8,15,20H,2H2,1H3.